The van der Waals surface area contributed by atoms with Gasteiger partial charge in [-0.05, 0) is 55.6 Å². The van der Waals surface area contributed by atoms with E-state index < -0.39 is 0 Å². The van der Waals surface area contributed by atoms with E-state index in [0.717, 1.165) is 22.3 Å². The molecule has 3 nitrogen and oxygen atoms in total. The highest BCUT2D eigenvalue weighted by molar-refractivity contribution is 7.27. The van der Waals surface area contributed by atoms with Gasteiger partial charge in [-0.3, -0.25) is 0 Å². The van der Waals surface area contributed by atoms with E-state index in [1.165, 1.54) is 58.1 Å². The Morgan fingerprint density at radius 2 is 0.878 bits per heavy atom. The van der Waals surface area contributed by atoms with Gasteiger partial charge in [0.2, 0.25) is 0 Å². The lowest BCUT2D eigenvalue weighted by molar-refractivity contribution is 1.08. The SMILES string of the molecule is c1ccc(-c2nc(-c3ccc(-c4ccc5ccccc5c4)cc3)nc(-c3cc4ccccc4c4sc5c6ccccc6ccc5c34)n2)cc1. The summed E-state index contributed by atoms with van der Waals surface area (Å²) in [6.07, 6.45) is 0. The van der Waals surface area contributed by atoms with Gasteiger partial charge in [-0.2, -0.15) is 0 Å². The van der Waals surface area contributed by atoms with E-state index >= 15 is 0 Å². The highest BCUT2D eigenvalue weighted by Gasteiger charge is 2.20. The largest absolute Gasteiger partial charge is 0.208 e. The highest BCUT2D eigenvalue weighted by Crippen LogP contribution is 2.46. The molecule has 0 atom stereocenters. The Balaban J connectivity index is 1.20. The van der Waals surface area contributed by atoms with Crippen molar-refractivity contribution in [1.29, 1.82) is 0 Å². The third kappa shape index (κ3) is 4.68. The van der Waals surface area contributed by atoms with Gasteiger partial charge in [0.15, 0.2) is 17.5 Å². The zero-order chi connectivity index (χ0) is 32.3. The summed E-state index contributed by atoms with van der Waals surface area (Å²) in [7, 11) is 0. The molecule has 0 unspecified atom stereocenters. The van der Waals surface area contributed by atoms with E-state index in [4.69, 9.17) is 15.0 Å². The predicted octanol–water partition coefficient (Wildman–Crippen LogP) is 12.4. The Bertz CT molecular complexity index is 2870. The monoisotopic (exact) mass is 641 g/mol. The molecule has 4 heteroatoms. The van der Waals surface area contributed by atoms with E-state index in [1.807, 2.05) is 29.5 Å². The van der Waals surface area contributed by atoms with Crippen LogP contribution in [0.5, 0.6) is 0 Å². The van der Waals surface area contributed by atoms with Crippen LogP contribution >= 0.6 is 11.3 Å². The van der Waals surface area contributed by atoms with E-state index in [9.17, 15) is 0 Å². The van der Waals surface area contributed by atoms with Crippen molar-refractivity contribution < 1.29 is 0 Å². The molecule has 10 rings (SSSR count). The number of benzene rings is 8. The molecule has 0 aliphatic heterocycles. The highest BCUT2D eigenvalue weighted by atomic mass is 32.1. The van der Waals surface area contributed by atoms with Crippen molar-refractivity contribution in [2.45, 2.75) is 0 Å². The summed E-state index contributed by atoms with van der Waals surface area (Å²) >= 11 is 1.86. The van der Waals surface area contributed by atoms with Crippen LogP contribution in [-0.4, -0.2) is 15.0 Å². The topological polar surface area (TPSA) is 38.7 Å². The first kappa shape index (κ1) is 27.8. The number of rotatable bonds is 4. The fourth-order valence-electron chi connectivity index (χ4n) is 7.04. The molecule has 0 aliphatic rings. The molecule has 2 heterocycles. The summed E-state index contributed by atoms with van der Waals surface area (Å²) in [4.78, 5) is 15.5. The lowest BCUT2D eigenvalue weighted by atomic mass is 9.98. The zero-order valence-corrected chi connectivity index (χ0v) is 27.2. The van der Waals surface area contributed by atoms with Crippen LogP contribution in [0.2, 0.25) is 0 Å². The summed E-state index contributed by atoms with van der Waals surface area (Å²) in [5.41, 5.74) is 5.26. The molecule has 0 amide bonds. The maximum absolute atomic E-state index is 5.23. The van der Waals surface area contributed by atoms with Gasteiger partial charge in [-0.15, -0.1) is 11.3 Å². The molecule has 10 aromatic rings. The maximum atomic E-state index is 5.23. The quantitative estimate of drug-likeness (QED) is 0.192. The molecule has 0 N–H and O–H groups in total. The Labute approximate surface area is 286 Å². The Morgan fingerprint density at radius 3 is 1.65 bits per heavy atom. The predicted molar refractivity (Wildman–Crippen MR) is 207 cm³/mol. The second-order valence-electron chi connectivity index (χ2n) is 12.4. The number of fused-ring (bicyclic) bond motifs is 8. The van der Waals surface area contributed by atoms with Gasteiger partial charge in [-0.1, -0.05) is 152 Å². The number of hydrogen-bond donors (Lipinski definition) is 0. The summed E-state index contributed by atoms with van der Waals surface area (Å²) in [5, 5.41) is 9.81. The van der Waals surface area contributed by atoms with Gasteiger partial charge in [0.05, 0.1) is 0 Å². The normalized spacial score (nSPS) is 11.7. The van der Waals surface area contributed by atoms with Crippen LogP contribution in [0.3, 0.4) is 0 Å². The standard InChI is InChI=1S/C45H27N3S/c1-2-12-31(13-3-1)43-46-44(32-21-18-29(19-22-32)34-23-20-28-10-4-5-14-33(28)26-34)48-45(47-43)39-27-35-15-7-9-17-37(35)42-40(39)38-25-24-30-11-6-8-16-36(30)41(38)49-42/h1-27H. The van der Waals surface area contributed by atoms with Crippen LogP contribution in [0.1, 0.15) is 0 Å². The van der Waals surface area contributed by atoms with Crippen LogP contribution in [0.4, 0.5) is 0 Å². The first-order valence-electron chi connectivity index (χ1n) is 16.4. The second-order valence-corrected chi connectivity index (χ2v) is 13.4. The Hall–Kier alpha value is -6.23. The van der Waals surface area contributed by atoms with Crippen molar-refractivity contribution in [2.75, 3.05) is 0 Å². The van der Waals surface area contributed by atoms with Crippen LogP contribution < -0.4 is 0 Å². The molecule has 0 bridgehead atoms. The molecular formula is C45H27N3S. The van der Waals surface area contributed by atoms with E-state index in [2.05, 4.69) is 146 Å². The summed E-state index contributed by atoms with van der Waals surface area (Å²) < 4.78 is 2.54. The molecule has 0 aliphatic carbocycles. The first-order chi connectivity index (χ1) is 24.3. The molecule has 0 saturated heterocycles. The molecule has 0 saturated carbocycles. The smallest absolute Gasteiger partial charge is 0.164 e. The summed E-state index contributed by atoms with van der Waals surface area (Å²) in [6.45, 7) is 0. The summed E-state index contributed by atoms with van der Waals surface area (Å²) in [6, 6.07) is 57.9. The van der Waals surface area contributed by atoms with Gasteiger partial charge in [-0.25, -0.2) is 15.0 Å². The van der Waals surface area contributed by atoms with Gasteiger partial charge in [0.1, 0.15) is 0 Å². The van der Waals surface area contributed by atoms with E-state index in [1.54, 1.807) is 0 Å². The van der Waals surface area contributed by atoms with Crippen molar-refractivity contribution in [3.8, 4) is 45.3 Å². The molecule has 0 radical (unpaired) electrons. The first-order valence-corrected chi connectivity index (χ1v) is 17.3. The molecule has 228 valence electrons. The molecule has 49 heavy (non-hydrogen) atoms. The van der Waals surface area contributed by atoms with Crippen molar-refractivity contribution in [3.05, 3.63) is 164 Å². The van der Waals surface area contributed by atoms with Crippen LogP contribution in [0, 0.1) is 0 Å². The number of nitrogens with zero attached hydrogens (tertiary/aromatic N) is 3. The molecule has 0 spiro atoms. The van der Waals surface area contributed by atoms with Crippen molar-refractivity contribution in [1.82, 2.24) is 15.0 Å². The fraction of sp³-hybridized carbons (Fsp3) is 0. The minimum atomic E-state index is 0.653. The number of aromatic nitrogens is 3. The molecule has 8 aromatic carbocycles. The minimum Gasteiger partial charge on any atom is -0.208 e. The van der Waals surface area contributed by atoms with Crippen molar-refractivity contribution in [3.63, 3.8) is 0 Å². The van der Waals surface area contributed by atoms with Gasteiger partial charge in [0.25, 0.3) is 0 Å². The van der Waals surface area contributed by atoms with E-state index in [0.29, 0.717) is 17.5 Å². The van der Waals surface area contributed by atoms with Gasteiger partial charge < -0.3 is 0 Å². The lowest BCUT2D eigenvalue weighted by Crippen LogP contribution is -2.00. The van der Waals surface area contributed by atoms with E-state index in [-0.39, 0.29) is 0 Å². The number of thiophene rings is 1. The van der Waals surface area contributed by atoms with Crippen molar-refractivity contribution >= 4 is 63.8 Å². The van der Waals surface area contributed by atoms with Gasteiger partial charge >= 0.3 is 0 Å². The number of hydrogen-bond acceptors (Lipinski definition) is 4. The molecule has 2 aromatic heterocycles. The lowest BCUT2D eigenvalue weighted by Gasteiger charge is -2.11. The molecular weight excluding hydrogens is 615 g/mol. The second kappa shape index (κ2) is 11.2. The van der Waals surface area contributed by atoms with Crippen molar-refractivity contribution in [2.24, 2.45) is 0 Å². The third-order valence-corrected chi connectivity index (χ3v) is 10.8. The molecule has 0 fully saturated rings. The van der Waals surface area contributed by atoms with Crippen LogP contribution in [-0.2, 0) is 0 Å². The summed E-state index contributed by atoms with van der Waals surface area (Å²) in [5.74, 6) is 1.98. The average Bonchev–Trinajstić information content (AvgIpc) is 3.58. The third-order valence-electron chi connectivity index (χ3n) is 9.49. The average molecular weight is 642 g/mol. The van der Waals surface area contributed by atoms with Crippen LogP contribution in [0.15, 0.2) is 164 Å². The van der Waals surface area contributed by atoms with Crippen LogP contribution in [0.25, 0.3) is 97.8 Å². The minimum absolute atomic E-state index is 0.653. The Morgan fingerprint density at radius 1 is 0.327 bits per heavy atom. The maximum Gasteiger partial charge on any atom is 0.164 e. The van der Waals surface area contributed by atoms with Gasteiger partial charge in [0, 0.05) is 36.9 Å². The fourth-order valence-corrected chi connectivity index (χ4v) is 8.44. The zero-order valence-electron chi connectivity index (χ0n) is 26.3. The Kier molecular flexibility index (Phi) is 6.36.